The number of methoxy groups -OCH3 is 1. The number of nitrogens with zero attached hydrogens (tertiary/aromatic N) is 2. The van der Waals surface area contributed by atoms with Gasteiger partial charge in [-0.05, 0) is 12.1 Å². The molecule has 0 fully saturated rings. The van der Waals surface area contributed by atoms with Gasteiger partial charge in [0.2, 0.25) is 5.88 Å². The summed E-state index contributed by atoms with van der Waals surface area (Å²) in [5.74, 6) is 0.842. The maximum atomic E-state index is 12.0. The van der Waals surface area contributed by atoms with Crippen molar-refractivity contribution in [2.45, 2.75) is 6.54 Å². The zero-order valence-corrected chi connectivity index (χ0v) is 13.2. The lowest BCUT2D eigenvalue weighted by atomic mass is 10.2. The molecule has 0 unspecified atom stereocenters. The summed E-state index contributed by atoms with van der Waals surface area (Å²) in [6, 6.07) is 15.1. The zero-order valence-electron chi connectivity index (χ0n) is 13.2. The summed E-state index contributed by atoms with van der Waals surface area (Å²) in [6.07, 6.45) is 1.66. The molecule has 0 bridgehead atoms. The van der Waals surface area contributed by atoms with Crippen LogP contribution in [-0.2, 0) is 11.3 Å². The zero-order chi connectivity index (χ0) is 16.8. The van der Waals surface area contributed by atoms with Crippen molar-refractivity contribution >= 4 is 16.7 Å². The normalized spacial score (nSPS) is 10.4. The summed E-state index contributed by atoms with van der Waals surface area (Å²) in [5, 5.41) is 12.4. The van der Waals surface area contributed by atoms with E-state index in [2.05, 4.69) is 15.5 Å². The first-order chi connectivity index (χ1) is 11.8. The number of nitrogens with one attached hydrogen (secondary N) is 1. The molecule has 0 aliphatic heterocycles. The van der Waals surface area contributed by atoms with Gasteiger partial charge < -0.3 is 14.8 Å². The number of hydrogen-bond acceptors (Lipinski definition) is 5. The van der Waals surface area contributed by atoms with Gasteiger partial charge in [0.15, 0.2) is 6.61 Å². The summed E-state index contributed by atoms with van der Waals surface area (Å²) in [7, 11) is 1.60. The molecule has 0 aliphatic carbocycles. The lowest BCUT2D eigenvalue weighted by molar-refractivity contribution is -0.123. The smallest absolute Gasteiger partial charge is 0.258 e. The van der Waals surface area contributed by atoms with E-state index in [1.54, 1.807) is 13.3 Å². The number of benzene rings is 2. The molecular weight excluding hydrogens is 306 g/mol. The molecule has 1 aromatic heterocycles. The number of rotatable bonds is 6. The molecule has 3 aromatic rings. The van der Waals surface area contributed by atoms with Gasteiger partial charge >= 0.3 is 0 Å². The average Bonchev–Trinajstić information content (AvgIpc) is 2.64. The number of carbonyl (C=O) groups excluding carboxylic acids is 1. The summed E-state index contributed by atoms with van der Waals surface area (Å²) in [4.78, 5) is 12.0. The number of para-hydroxylation sites is 1. The van der Waals surface area contributed by atoms with Crippen LogP contribution in [0.2, 0.25) is 0 Å². The Morgan fingerprint density at radius 2 is 1.92 bits per heavy atom. The molecule has 0 atom stereocenters. The summed E-state index contributed by atoms with van der Waals surface area (Å²) in [6.45, 7) is 0.241. The molecule has 0 saturated carbocycles. The monoisotopic (exact) mass is 323 g/mol. The second-order valence-corrected chi connectivity index (χ2v) is 5.11. The van der Waals surface area contributed by atoms with Crippen molar-refractivity contribution in [3.8, 4) is 11.6 Å². The predicted molar refractivity (Wildman–Crippen MR) is 89.9 cm³/mol. The van der Waals surface area contributed by atoms with Crippen LogP contribution in [0.25, 0.3) is 10.8 Å². The maximum absolute atomic E-state index is 12.0. The topological polar surface area (TPSA) is 73.3 Å². The quantitative estimate of drug-likeness (QED) is 0.754. The molecule has 0 saturated heterocycles. The van der Waals surface area contributed by atoms with Gasteiger partial charge in [-0.25, -0.2) is 0 Å². The van der Waals surface area contributed by atoms with E-state index in [1.807, 2.05) is 48.5 Å². The number of ether oxygens (including phenoxy) is 2. The van der Waals surface area contributed by atoms with Crippen molar-refractivity contribution in [3.63, 3.8) is 0 Å². The Bertz CT molecular complexity index is 846. The summed E-state index contributed by atoms with van der Waals surface area (Å²) < 4.78 is 10.8. The third-order valence-electron chi connectivity index (χ3n) is 3.55. The van der Waals surface area contributed by atoms with Crippen molar-refractivity contribution in [2.24, 2.45) is 0 Å². The van der Waals surface area contributed by atoms with E-state index in [0.717, 1.165) is 22.1 Å². The van der Waals surface area contributed by atoms with Gasteiger partial charge in [-0.2, -0.15) is 5.10 Å². The molecule has 1 heterocycles. The van der Waals surface area contributed by atoms with Crippen molar-refractivity contribution in [1.82, 2.24) is 15.5 Å². The molecule has 24 heavy (non-hydrogen) atoms. The van der Waals surface area contributed by atoms with E-state index in [4.69, 9.17) is 9.47 Å². The van der Waals surface area contributed by atoms with Crippen LogP contribution < -0.4 is 14.8 Å². The minimum atomic E-state index is -0.240. The average molecular weight is 323 g/mol. The molecule has 1 amide bonds. The first kappa shape index (κ1) is 15.7. The Balaban J connectivity index is 1.59. The van der Waals surface area contributed by atoms with Crippen LogP contribution >= 0.6 is 0 Å². The van der Waals surface area contributed by atoms with Crippen molar-refractivity contribution in [2.75, 3.05) is 13.7 Å². The molecule has 0 spiro atoms. The fraction of sp³-hybridized carbons (Fsp3) is 0.167. The first-order valence-corrected chi connectivity index (χ1v) is 7.50. The van der Waals surface area contributed by atoms with E-state index in [-0.39, 0.29) is 12.5 Å². The molecule has 0 aliphatic rings. The molecule has 122 valence electrons. The van der Waals surface area contributed by atoms with E-state index >= 15 is 0 Å². The number of fused-ring (bicyclic) bond motifs is 1. The molecule has 0 radical (unpaired) electrons. The van der Waals surface area contributed by atoms with Crippen LogP contribution in [0.1, 0.15) is 5.56 Å². The Morgan fingerprint density at radius 3 is 2.79 bits per heavy atom. The van der Waals surface area contributed by atoms with Crippen LogP contribution in [0.15, 0.2) is 54.7 Å². The molecule has 6 nitrogen and oxygen atoms in total. The number of amides is 1. The molecular formula is C18H17N3O3. The minimum Gasteiger partial charge on any atom is -0.496 e. The lowest BCUT2D eigenvalue weighted by Gasteiger charge is -2.10. The Labute approximate surface area is 139 Å². The minimum absolute atomic E-state index is 0.127. The summed E-state index contributed by atoms with van der Waals surface area (Å²) >= 11 is 0. The second-order valence-electron chi connectivity index (χ2n) is 5.11. The SMILES string of the molecule is COc1ccccc1CNC(=O)COc1nncc2ccccc12. The van der Waals surface area contributed by atoms with Gasteiger partial charge in [-0.1, -0.05) is 36.4 Å². The van der Waals surface area contributed by atoms with Crippen LogP contribution in [-0.4, -0.2) is 29.8 Å². The van der Waals surface area contributed by atoms with Gasteiger partial charge in [-0.15, -0.1) is 5.10 Å². The molecule has 6 heteroatoms. The number of aromatic nitrogens is 2. The van der Waals surface area contributed by atoms with E-state index in [1.165, 1.54) is 0 Å². The fourth-order valence-corrected chi connectivity index (χ4v) is 2.34. The molecule has 3 rings (SSSR count). The van der Waals surface area contributed by atoms with Crippen LogP contribution in [0, 0.1) is 0 Å². The highest BCUT2D eigenvalue weighted by Crippen LogP contribution is 2.21. The number of carbonyl (C=O) groups is 1. The lowest BCUT2D eigenvalue weighted by Crippen LogP contribution is -2.28. The van der Waals surface area contributed by atoms with E-state index < -0.39 is 0 Å². The Morgan fingerprint density at radius 1 is 1.12 bits per heavy atom. The van der Waals surface area contributed by atoms with Gasteiger partial charge in [0.05, 0.1) is 13.3 Å². The maximum Gasteiger partial charge on any atom is 0.258 e. The predicted octanol–water partition coefficient (Wildman–Crippen LogP) is 2.33. The van der Waals surface area contributed by atoms with Crippen LogP contribution in [0.5, 0.6) is 11.6 Å². The van der Waals surface area contributed by atoms with Gasteiger partial charge in [0.1, 0.15) is 5.75 Å². The third-order valence-corrected chi connectivity index (χ3v) is 3.55. The second kappa shape index (κ2) is 7.41. The highest BCUT2D eigenvalue weighted by Gasteiger charge is 2.09. The third kappa shape index (κ3) is 3.60. The Hall–Kier alpha value is -3.15. The number of hydrogen-bond donors (Lipinski definition) is 1. The van der Waals surface area contributed by atoms with Crippen molar-refractivity contribution in [3.05, 3.63) is 60.3 Å². The van der Waals surface area contributed by atoms with Gasteiger partial charge in [-0.3, -0.25) is 4.79 Å². The van der Waals surface area contributed by atoms with Crippen molar-refractivity contribution in [1.29, 1.82) is 0 Å². The molecule has 2 aromatic carbocycles. The van der Waals surface area contributed by atoms with Gasteiger partial charge in [0, 0.05) is 22.9 Å². The Kier molecular flexibility index (Phi) is 4.86. The fourth-order valence-electron chi connectivity index (χ4n) is 2.34. The highest BCUT2D eigenvalue weighted by atomic mass is 16.5. The first-order valence-electron chi connectivity index (χ1n) is 7.50. The summed E-state index contributed by atoms with van der Waals surface area (Å²) in [5.41, 5.74) is 0.901. The highest BCUT2D eigenvalue weighted by molar-refractivity contribution is 5.86. The van der Waals surface area contributed by atoms with Gasteiger partial charge in [0.25, 0.3) is 5.91 Å². The molecule has 1 N–H and O–H groups in total. The van der Waals surface area contributed by atoms with Crippen LogP contribution in [0.3, 0.4) is 0 Å². The van der Waals surface area contributed by atoms with E-state index in [0.29, 0.717) is 12.4 Å². The largest absolute Gasteiger partial charge is 0.496 e. The standard InChI is InChI=1S/C18H17N3O3/c1-23-16-9-5-3-7-14(16)10-19-17(22)12-24-18-15-8-4-2-6-13(15)11-20-21-18/h2-9,11H,10,12H2,1H3,(H,19,22). The van der Waals surface area contributed by atoms with Crippen LogP contribution in [0.4, 0.5) is 0 Å². The van der Waals surface area contributed by atoms with E-state index in [9.17, 15) is 4.79 Å². The van der Waals surface area contributed by atoms with Crippen molar-refractivity contribution < 1.29 is 14.3 Å².